The fourth-order valence-corrected chi connectivity index (χ4v) is 5.47. The van der Waals surface area contributed by atoms with Crippen LogP contribution >= 0.6 is 0 Å². The van der Waals surface area contributed by atoms with E-state index in [1.165, 1.54) is 57.8 Å². The molecule has 0 aromatic carbocycles. The molecule has 43 heavy (non-hydrogen) atoms. The van der Waals surface area contributed by atoms with E-state index in [1.54, 1.807) is 0 Å². The minimum atomic E-state index is -5.04. The maximum absolute atomic E-state index is 12.6. The summed E-state index contributed by atoms with van der Waals surface area (Å²) in [6, 6.07) is 0. The predicted octanol–water partition coefficient (Wildman–Crippen LogP) is 4.23. The Bertz CT molecular complexity index is 796. The molecule has 12 nitrogen and oxygen atoms in total. The van der Waals surface area contributed by atoms with Crippen molar-refractivity contribution in [1.29, 1.82) is 0 Å². The van der Waals surface area contributed by atoms with Crippen molar-refractivity contribution in [2.75, 3.05) is 26.4 Å². The van der Waals surface area contributed by atoms with Crippen LogP contribution in [0.1, 0.15) is 123 Å². The summed E-state index contributed by atoms with van der Waals surface area (Å²) >= 11 is 0. The molecule has 1 heterocycles. The number of aliphatic hydroxyl groups excluding tert-OH is 3. The fourth-order valence-electron chi connectivity index (χ4n) is 4.96. The highest BCUT2D eigenvalue weighted by molar-refractivity contribution is 7.80. The second-order valence-electron chi connectivity index (χ2n) is 11.4. The number of hydrogen-bond acceptors (Lipinski definition) is 11. The Hall–Kier alpha value is -0.900. The van der Waals surface area contributed by atoms with Crippen molar-refractivity contribution in [3.63, 3.8) is 0 Å². The van der Waals surface area contributed by atoms with Gasteiger partial charge in [0, 0.05) is 13.0 Å². The summed E-state index contributed by atoms with van der Waals surface area (Å²) in [6.07, 6.45) is 9.03. The zero-order valence-electron chi connectivity index (χ0n) is 26.3. The zero-order valence-corrected chi connectivity index (χ0v) is 27.1. The number of carbonyl (C=O) groups excluding carboxylic acids is 1. The van der Waals surface area contributed by atoms with E-state index in [9.17, 15) is 28.5 Å². The Labute approximate surface area is 258 Å². The number of unbranched alkanes of at least 4 members (excludes halogenated alkanes) is 14. The number of hydrogen-bond donors (Lipinski definition) is 4. The first kappa shape index (κ1) is 40.1. The molecular weight excluding hydrogens is 584 g/mol. The standard InChI is InChI=1S/C30H58O12S/c1-3-5-7-9-11-12-13-14-15-17-19-26(32)40-24(22-38-20-18-16-10-8-6-4-2)23-39-30-28(34)29(42-43(35,36)37)27(33)25(21-31)41-30/h24-25,27-31,33-34H,3-23H2,1-2H3,(H,35,36,37). The molecule has 0 radical (unpaired) electrons. The Morgan fingerprint density at radius 2 is 1.33 bits per heavy atom. The third kappa shape index (κ3) is 19.3. The maximum Gasteiger partial charge on any atom is 0.397 e. The van der Waals surface area contributed by atoms with Crippen molar-refractivity contribution >= 4 is 16.4 Å². The van der Waals surface area contributed by atoms with E-state index < -0.39 is 59.8 Å². The second kappa shape index (κ2) is 24.3. The highest BCUT2D eigenvalue weighted by atomic mass is 32.3. The summed E-state index contributed by atoms with van der Waals surface area (Å²) in [5.74, 6) is -0.405. The first-order valence-corrected chi connectivity index (χ1v) is 17.7. The summed E-state index contributed by atoms with van der Waals surface area (Å²) < 4.78 is 58.2. The smallest absolute Gasteiger partial charge is 0.397 e. The average Bonchev–Trinajstić information content (AvgIpc) is 2.96. The molecule has 0 amide bonds. The van der Waals surface area contributed by atoms with Crippen molar-refractivity contribution in [2.45, 2.75) is 160 Å². The topological polar surface area (TPSA) is 178 Å². The van der Waals surface area contributed by atoms with Gasteiger partial charge in [0.05, 0.1) is 19.8 Å². The highest BCUT2D eigenvalue weighted by Crippen LogP contribution is 2.26. The van der Waals surface area contributed by atoms with Gasteiger partial charge in [-0.3, -0.25) is 9.35 Å². The molecule has 6 unspecified atom stereocenters. The maximum atomic E-state index is 12.6. The highest BCUT2D eigenvalue weighted by Gasteiger charge is 2.48. The van der Waals surface area contributed by atoms with E-state index >= 15 is 0 Å². The molecule has 0 aromatic heterocycles. The van der Waals surface area contributed by atoms with Crippen LogP contribution in [0.2, 0.25) is 0 Å². The van der Waals surface area contributed by atoms with E-state index in [4.69, 9.17) is 23.5 Å². The summed E-state index contributed by atoms with van der Waals surface area (Å²) in [5, 5.41) is 30.3. The van der Waals surface area contributed by atoms with Crippen LogP contribution in [-0.4, -0.2) is 97.5 Å². The summed E-state index contributed by atoms with van der Waals surface area (Å²) in [6.45, 7) is 3.88. The Morgan fingerprint density at radius 1 is 0.791 bits per heavy atom. The monoisotopic (exact) mass is 642 g/mol. The number of carbonyl (C=O) groups is 1. The molecule has 0 spiro atoms. The molecular formula is C30H58O12S. The van der Waals surface area contributed by atoms with Crippen LogP contribution < -0.4 is 0 Å². The van der Waals surface area contributed by atoms with Crippen molar-refractivity contribution in [3.05, 3.63) is 0 Å². The Kier molecular flexibility index (Phi) is 22.7. The van der Waals surface area contributed by atoms with Gasteiger partial charge in [0.1, 0.15) is 30.5 Å². The van der Waals surface area contributed by atoms with Crippen LogP contribution in [0.15, 0.2) is 0 Å². The number of esters is 1. The molecule has 1 fully saturated rings. The van der Waals surface area contributed by atoms with Crippen molar-refractivity contribution in [3.8, 4) is 0 Å². The number of ether oxygens (including phenoxy) is 4. The fraction of sp³-hybridized carbons (Fsp3) is 0.967. The molecule has 1 saturated heterocycles. The van der Waals surface area contributed by atoms with Crippen LogP contribution in [-0.2, 0) is 38.3 Å². The largest absolute Gasteiger partial charge is 0.457 e. The van der Waals surface area contributed by atoms with Gasteiger partial charge in [-0.05, 0) is 12.8 Å². The van der Waals surface area contributed by atoms with Gasteiger partial charge in [-0.2, -0.15) is 8.42 Å². The van der Waals surface area contributed by atoms with Crippen LogP contribution in [0.3, 0.4) is 0 Å². The first-order valence-electron chi connectivity index (χ1n) is 16.3. The van der Waals surface area contributed by atoms with Crippen molar-refractivity contribution in [2.24, 2.45) is 0 Å². The van der Waals surface area contributed by atoms with Crippen LogP contribution in [0, 0.1) is 0 Å². The van der Waals surface area contributed by atoms with Gasteiger partial charge in [0.2, 0.25) is 0 Å². The first-order chi connectivity index (χ1) is 20.6. The molecule has 4 N–H and O–H groups in total. The van der Waals surface area contributed by atoms with Crippen LogP contribution in [0.25, 0.3) is 0 Å². The lowest BCUT2D eigenvalue weighted by molar-refractivity contribution is -0.301. The second-order valence-corrected chi connectivity index (χ2v) is 12.5. The van der Waals surface area contributed by atoms with Crippen LogP contribution in [0.5, 0.6) is 0 Å². The molecule has 0 aromatic rings. The molecule has 0 saturated carbocycles. The van der Waals surface area contributed by atoms with Crippen LogP contribution in [0.4, 0.5) is 0 Å². The van der Waals surface area contributed by atoms with E-state index in [-0.39, 0.29) is 19.6 Å². The lowest BCUT2D eigenvalue weighted by atomic mass is 9.99. The SMILES string of the molecule is CCCCCCCCCCCCC(=O)OC(COCCCCCCCC)COC1OC(CO)C(O)C(OS(=O)(=O)O)C1O. The molecule has 1 aliphatic heterocycles. The van der Waals surface area contributed by atoms with Gasteiger partial charge in [-0.25, -0.2) is 4.18 Å². The lowest BCUT2D eigenvalue weighted by Gasteiger charge is -2.41. The van der Waals surface area contributed by atoms with Gasteiger partial charge in [0.25, 0.3) is 0 Å². The predicted molar refractivity (Wildman–Crippen MR) is 161 cm³/mol. The molecule has 0 aliphatic carbocycles. The summed E-state index contributed by atoms with van der Waals surface area (Å²) in [4.78, 5) is 12.6. The Morgan fingerprint density at radius 3 is 1.86 bits per heavy atom. The number of rotatable bonds is 27. The molecule has 0 bridgehead atoms. The van der Waals surface area contributed by atoms with Crippen molar-refractivity contribution < 1.29 is 56.2 Å². The molecule has 6 atom stereocenters. The quantitative estimate of drug-likeness (QED) is 0.0570. The third-order valence-corrected chi connectivity index (χ3v) is 7.94. The average molecular weight is 643 g/mol. The molecule has 13 heteroatoms. The van der Waals surface area contributed by atoms with E-state index in [0.717, 1.165) is 38.5 Å². The molecule has 1 aliphatic rings. The Balaban J connectivity index is 2.58. The van der Waals surface area contributed by atoms with Gasteiger partial charge in [0.15, 0.2) is 6.29 Å². The minimum absolute atomic E-state index is 0.0402. The van der Waals surface area contributed by atoms with E-state index in [2.05, 4.69) is 18.0 Å². The molecule has 256 valence electrons. The van der Waals surface area contributed by atoms with Gasteiger partial charge in [-0.1, -0.05) is 104 Å². The van der Waals surface area contributed by atoms with Gasteiger partial charge >= 0.3 is 16.4 Å². The summed E-state index contributed by atoms with van der Waals surface area (Å²) in [5.41, 5.74) is 0. The third-order valence-electron chi connectivity index (χ3n) is 7.48. The van der Waals surface area contributed by atoms with Gasteiger partial charge < -0.3 is 34.3 Å². The molecule has 1 rings (SSSR count). The van der Waals surface area contributed by atoms with Crippen molar-refractivity contribution in [1.82, 2.24) is 0 Å². The van der Waals surface area contributed by atoms with E-state index in [1.807, 2.05) is 0 Å². The minimum Gasteiger partial charge on any atom is -0.457 e. The zero-order chi connectivity index (χ0) is 31.9. The summed E-state index contributed by atoms with van der Waals surface area (Å²) in [7, 11) is -5.04. The number of aliphatic hydroxyl groups is 3. The van der Waals surface area contributed by atoms with Gasteiger partial charge in [-0.15, -0.1) is 0 Å². The lowest BCUT2D eigenvalue weighted by Crippen LogP contribution is -2.60. The van der Waals surface area contributed by atoms with E-state index in [0.29, 0.717) is 13.0 Å². The normalized spacial score (nSPS) is 23.3.